The van der Waals surface area contributed by atoms with E-state index >= 15 is 0 Å². The maximum absolute atomic E-state index is 2.37. The number of rotatable bonds is 2. The quantitative estimate of drug-likeness (QED) is 0.718. The van der Waals surface area contributed by atoms with Crippen LogP contribution in [-0.2, 0) is 6.42 Å². The summed E-state index contributed by atoms with van der Waals surface area (Å²) in [5.41, 5.74) is 4.26. The van der Waals surface area contributed by atoms with Crippen LogP contribution in [0.15, 0.2) is 59.5 Å². The second-order valence-corrected chi connectivity index (χ2v) is 5.80. The van der Waals surface area contributed by atoms with Crippen molar-refractivity contribution in [2.24, 2.45) is 0 Å². The molecule has 0 amide bonds. The summed E-state index contributed by atoms with van der Waals surface area (Å²) < 4.78 is 0. The molecular weight excluding hydrogens is 236 g/mol. The normalized spacial score (nSPS) is 13.9. The highest BCUT2D eigenvalue weighted by Crippen LogP contribution is 2.39. The molecule has 0 heterocycles. The largest absolute Gasteiger partial charge is 0.0898 e. The molecule has 0 radical (unpaired) electrons. The molecule has 0 saturated heterocycles. The predicted octanol–water partition coefficient (Wildman–Crippen LogP) is 5.07. The molecule has 0 bridgehead atoms. The Morgan fingerprint density at radius 1 is 1.00 bits per heavy atom. The number of allylic oxidation sites excluding steroid dienone is 1. The molecular formula is C17H16S. The first-order chi connectivity index (χ1) is 8.83. The summed E-state index contributed by atoms with van der Waals surface area (Å²) in [6.07, 6.45) is 4.71. The average Bonchev–Trinajstić information content (AvgIpc) is 2.41. The molecule has 0 atom stereocenters. The van der Waals surface area contributed by atoms with Crippen LogP contribution in [0.2, 0.25) is 0 Å². The van der Waals surface area contributed by atoms with Crippen molar-refractivity contribution in [3.8, 4) is 0 Å². The molecule has 0 nitrogen and oxygen atoms in total. The van der Waals surface area contributed by atoms with Gasteiger partial charge in [-0.25, -0.2) is 0 Å². The lowest BCUT2D eigenvalue weighted by Gasteiger charge is -2.18. The van der Waals surface area contributed by atoms with Crippen LogP contribution in [0.3, 0.4) is 0 Å². The van der Waals surface area contributed by atoms with Crippen molar-refractivity contribution >= 4 is 16.7 Å². The summed E-state index contributed by atoms with van der Waals surface area (Å²) in [7, 11) is 0. The van der Waals surface area contributed by atoms with Gasteiger partial charge in [-0.05, 0) is 43.0 Å². The van der Waals surface area contributed by atoms with Crippen molar-refractivity contribution in [1.82, 2.24) is 0 Å². The Bertz CT molecular complexity index is 582. The van der Waals surface area contributed by atoms with Gasteiger partial charge in [0.1, 0.15) is 0 Å². The number of hydrogen-bond acceptors (Lipinski definition) is 1. The highest BCUT2D eigenvalue weighted by molar-refractivity contribution is 8.08. The zero-order chi connectivity index (χ0) is 12.4. The molecule has 0 fully saturated rings. The summed E-state index contributed by atoms with van der Waals surface area (Å²) >= 11 is 1.88. The molecule has 1 aliphatic rings. The first kappa shape index (κ1) is 11.6. The van der Waals surface area contributed by atoms with Crippen LogP contribution in [0.4, 0.5) is 0 Å². The van der Waals surface area contributed by atoms with E-state index < -0.39 is 0 Å². The van der Waals surface area contributed by atoms with Crippen LogP contribution in [-0.4, -0.2) is 0 Å². The minimum atomic E-state index is 1.16. The summed E-state index contributed by atoms with van der Waals surface area (Å²) in [5, 5.41) is 0. The lowest BCUT2D eigenvalue weighted by atomic mass is 9.96. The van der Waals surface area contributed by atoms with E-state index in [1.54, 1.807) is 0 Å². The molecule has 0 saturated carbocycles. The predicted molar refractivity (Wildman–Crippen MR) is 79.8 cm³/mol. The Hall–Kier alpha value is -1.47. The number of fused-ring (bicyclic) bond motifs is 1. The van der Waals surface area contributed by atoms with Crippen molar-refractivity contribution in [2.75, 3.05) is 0 Å². The highest BCUT2D eigenvalue weighted by atomic mass is 32.2. The van der Waals surface area contributed by atoms with Gasteiger partial charge in [0.05, 0.1) is 0 Å². The van der Waals surface area contributed by atoms with E-state index in [0.29, 0.717) is 0 Å². The Kier molecular flexibility index (Phi) is 3.24. The van der Waals surface area contributed by atoms with Crippen molar-refractivity contribution in [1.29, 1.82) is 0 Å². The number of hydrogen-bond donors (Lipinski definition) is 0. The molecule has 18 heavy (non-hydrogen) atoms. The van der Waals surface area contributed by atoms with Crippen LogP contribution in [0.25, 0.3) is 4.91 Å². The van der Waals surface area contributed by atoms with Crippen LogP contribution < -0.4 is 0 Å². The summed E-state index contributed by atoms with van der Waals surface area (Å²) in [4.78, 5) is 2.73. The summed E-state index contributed by atoms with van der Waals surface area (Å²) in [5.74, 6) is 0. The van der Waals surface area contributed by atoms with E-state index in [1.165, 1.54) is 32.9 Å². The molecule has 0 aliphatic heterocycles. The van der Waals surface area contributed by atoms with Gasteiger partial charge in [-0.1, -0.05) is 59.8 Å². The van der Waals surface area contributed by atoms with Gasteiger partial charge >= 0.3 is 0 Å². The van der Waals surface area contributed by atoms with Crippen LogP contribution in [0.1, 0.15) is 23.1 Å². The third kappa shape index (κ3) is 2.37. The lowest BCUT2D eigenvalue weighted by molar-refractivity contribution is 0.981. The monoisotopic (exact) mass is 252 g/mol. The van der Waals surface area contributed by atoms with Gasteiger partial charge < -0.3 is 0 Å². The molecule has 1 heteroatoms. The lowest BCUT2D eigenvalue weighted by Crippen LogP contribution is -1.98. The van der Waals surface area contributed by atoms with Gasteiger partial charge in [-0.15, -0.1) is 0 Å². The first-order valence-electron chi connectivity index (χ1n) is 6.36. The van der Waals surface area contributed by atoms with E-state index in [9.17, 15) is 0 Å². The maximum Gasteiger partial charge on any atom is 0.0157 e. The van der Waals surface area contributed by atoms with Crippen LogP contribution in [0.5, 0.6) is 0 Å². The van der Waals surface area contributed by atoms with Crippen LogP contribution in [0, 0.1) is 6.92 Å². The maximum atomic E-state index is 2.37. The fourth-order valence-electron chi connectivity index (χ4n) is 2.32. The van der Waals surface area contributed by atoms with Gasteiger partial charge in [0, 0.05) is 9.80 Å². The molecule has 90 valence electrons. The number of thioether (sulfide) groups is 1. The molecule has 0 aromatic heterocycles. The zero-order valence-corrected chi connectivity index (χ0v) is 11.3. The van der Waals surface area contributed by atoms with E-state index in [2.05, 4.69) is 61.5 Å². The fraction of sp³-hybridized carbons (Fsp3) is 0.176. The topological polar surface area (TPSA) is 0 Å². The SMILES string of the molecule is Cc1ccc2c(c1)C(Sc1ccccc1)=CCC2. The molecule has 1 aliphatic carbocycles. The number of benzene rings is 2. The van der Waals surface area contributed by atoms with E-state index in [-0.39, 0.29) is 0 Å². The molecule has 3 rings (SSSR count). The molecule has 0 spiro atoms. The third-order valence-corrected chi connectivity index (χ3v) is 4.36. The average molecular weight is 252 g/mol. The third-order valence-electron chi connectivity index (χ3n) is 3.25. The minimum Gasteiger partial charge on any atom is -0.0898 e. The van der Waals surface area contributed by atoms with E-state index in [0.717, 1.165) is 6.42 Å². The van der Waals surface area contributed by atoms with Crippen LogP contribution >= 0.6 is 11.8 Å². The summed E-state index contributed by atoms with van der Waals surface area (Å²) in [6.45, 7) is 2.17. The second kappa shape index (κ2) is 5.03. The van der Waals surface area contributed by atoms with Gasteiger partial charge in [0.15, 0.2) is 0 Å². The Balaban J connectivity index is 1.95. The van der Waals surface area contributed by atoms with Crippen molar-refractivity contribution in [2.45, 2.75) is 24.7 Å². The number of aryl methyl sites for hydroxylation is 2. The molecule has 0 unspecified atom stereocenters. The van der Waals surface area contributed by atoms with Crippen molar-refractivity contribution in [3.63, 3.8) is 0 Å². The van der Waals surface area contributed by atoms with E-state index in [1.807, 2.05) is 11.8 Å². The smallest absolute Gasteiger partial charge is 0.0157 e. The summed E-state index contributed by atoms with van der Waals surface area (Å²) in [6, 6.07) is 17.4. The first-order valence-corrected chi connectivity index (χ1v) is 7.17. The van der Waals surface area contributed by atoms with Gasteiger partial charge in [-0.2, -0.15) is 0 Å². The standard InChI is InChI=1S/C17H16S/c1-13-10-11-14-6-5-9-17(16(14)12-13)18-15-7-3-2-4-8-15/h2-4,7-12H,5-6H2,1H3. The van der Waals surface area contributed by atoms with Crippen molar-refractivity contribution < 1.29 is 0 Å². The van der Waals surface area contributed by atoms with Gasteiger partial charge in [-0.3, -0.25) is 0 Å². The van der Waals surface area contributed by atoms with E-state index in [4.69, 9.17) is 0 Å². The zero-order valence-electron chi connectivity index (χ0n) is 10.5. The Morgan fingerprint density at radius 3 is 2.67 bits per heavy atom. The minimum absolute atomic E-state index is 1.16. The Morgan fingerprint density at radius 2 is 1.83 bits per heavy atom. The molecule has 0 N–H and O–H groups in total. The Labute approximate surface area is 113 Å². The fourth-order valence-corrected chi connectivity index (χ4v) is 3.37. The molecule has 2 aromatic rings. The van der Waals surface area contributed by atoms with Gasteiger partial charge in [0.2, 0.25) is 0 Å². The highest BCUT2D eigenvalue weighted by Gasteiger charge is 2.13. The van der Waals surface area contributed by atoms with Crippen molar-refractivity contribution in [3.05, 3.63) is 71.3 Å². The van der Waals surface area contributed by atoms with Gasteiger partial charge in [0.25, 0.3) is 0 Å². The second-order valence-electron chi connectivity index (χ2n) is 4.68. The molecule has 2 aromatic carbocycles.